The molecule has 0 aliphatic rings. The van der Waals surface area contributed by atoms with E-state index in [1.165, 1.54) is 7.11 Å². The third kappa shape index (κ3) is 1.77. The lowest BCUT2D eigenvalue weighted by molar-refractivity contribution is 0.0603. The number of ether oxygens (including phenoxy) is 1. The SMILES string of the molecule is COC(=O)c1cccc2[nH]c(-c3ccnn3C)nc12. The number of nitrogens with one attached hydrogen (secondary N) is 1. The maximum absolute atomic E-state index is 11.7. The van der Waals surface area contributed by atoms with Crippen LogP contribution in [0.4, 0.5) is 0 Å². The van der Waals surface area contributed by atoms with E-state index in [0.29, 0.717) is 16.9 Å². The van der Waals surface area contributed by atoms with Gasteiger partial charge in [0.05, 0.1) is 18.2 Å². The molecule has 0 spiro atoms. The number of benzene rings is 1. The largest absolute Gasteiger partial charge is 0.465 e. The second-order valence-electron chi connectivity index (χ2n) is 4.12. The van der Waals surface area contributed by atoms with Crippen LogP contribution in [0.3, 0.4) is 0 Å². The van der Waals surface area contributed by atoms with Crippen LogP contribution in [0.5, 0.6) is 0 Å². The first-order valence-electron chi connectivity index (χ1n) is 5.76. The van der Waals surface area contributed by atoms with Crippen LogP contribution < -0.4 is 0 Å². The number of esters is 1. The van der Waals surface area contributed by atoms with Crippen LogP contribution in [-0.4, -0.2) is 32.8 Å². The minimum atomic E-state index is -0.395. The van der Waals surface area contributed by atoms with Crippen molar-refractivity contribution in [2.24, 2.45) is 7.05 Å². The molecule has 3 rings (SSSR count). The van der Waals surface area contributed by atoms with Gasteiger partial charge in [0, 0.05) is 13.2 Å². The third-order valence-electron chi connectivity index (χ3n) is 2.98. The molecule has 1 aromatic carbocycles. The Morgan fingerprint density at radius 3 is 2.89 bits per heavy atom. The highest BCUT2D eigenvalue weighted by Crippen LogP contribution is 2.22. The van der Waals surface area contributed by atoms with E-state index in [9.17, 15) is 4.79 Å². The number of hydrogen-bond acceptors (Lipinski definition) is 4. The number of carbonyl (C=O) groups excluding carboxylic acids is 1. The quantitative estimate of drug-likeness (QED) is 0.709. The highest BCUT2D eigenvalue weighted by Gasteiger charge is 2.15. The summed E-state index contributed by atoms with van der Waals surface area (Å²) in [6.07, 6.45) is 1.70. The second kappa shape index (κ2) is 4.24. The summed E-state index contributed by atoms with van der Waals surface area (Å²) in [5, 5.41) is 4.10. The molecule has 19 heavy (non-hydrogen) atoms. The molecule has 1 N–H and O–H groups in total. The minimum absolute atomic E-state index is 0.395. The van der Waals surface area contributed by atoms with Gasteiger partial charge in [-0.3, -0.25) is 4.68 Å². The summed E-state index contributed by atoms with van der Waals surface area (Å²) < 4.78 is 6.48. The zero-order chi connectivity index (χ0) is 13.4. The van der Waals surface area contributed by atoms with Gasteiger partial charge in [-0.2, -0.15) is 5.10 Å². The fourth-order valence-corrected chi connectivity index (χ4v) is 2.03. The molecule has 0 bridgehead atoms. The molecule has 0 saturated carbocycles. The number of methoxy groups -OCH3 is 1. The van der Waals surface area contributed by atoms with Crippen molar-refractivity contribution in [1.29, 1.82) is 0 Å². The first-order valence-corrected chi connectivity index (χ1v) is 5.76. The first kappa shape index (κ1) is 11.5. The molecule has 0 atom stereocenters. The zero-order valence-electron chi connectivity index (χ0n) is 10.5. The van der Waals surface area contributed by atoms with Crippen LogP contribution in [0.2, 0.25) is 0 Å². The van der Waals surface area contributed by atoms with Crippen LogP contribution in [0.1, 0.15) is 10.4 Å². The maximum atomic E-state index is 11.7. The van der Waals surface area contributed by atoms with Gasteiger partial charge < -0.3 is 9.72 Å². The number of fused-ring (bicyclic) bond motifs is 1. The minimum Gasteiger partial charge on any atom is -0.465 e. The van der Waals surface area contributed by atoms with E-state index in [2.05, 4.69) is 15.1 Å². The normalized spacial score (nSPS) is 10.8. The van der Waals surface area contributed by atoms with Crippen molar-refractivity contribution in [2.75, 3.05) is 7.11 Å². The topological polar surface area (TPSA) is 72.8 Å². The number of hydrogen-bond donors (Lipinski definition) is 1. The molecular weight excluding hydrogens is 244 g/mol. The molecule has 3 aromatic rings. The molecule has 6 nitrogen and oxygen atoms in total. The summed E-state index contributed by atoms with van der Waals surface area (Å²) in [7, 11) is 3.19. The summed E-state index contributed by atoms with van der Waals surface area (Å²) in [6.45, 7) is 0. The number of imidazole rings is 1. The molecule has 0 fully saturated rings. The second-order valence-corrected chi connectivity index (χ2v) is 4.12. The molecule has 0 radical (unpaired) electrons. The van der Waals surface area contributed by atoms with Gasteiger partial charge in [-0.1, -0.05) is 6.07 Å². The number of H-pyrrole nitrogens is 1. The number of para-hydroxylation sites is 1. The predicted molar refractivity (Wildman–Crippen MR) is 69.6 cm³/mol. The van der Waals surface area contributed by atoms with E-state index >= 15 is 0 Å². The Kier molecular flexibility index (Phi) is 2.56. The number of aryl methyl sites for hydroxylation is 1. The Morgan fingerprint density at radius 2 is 2.21 bits per heavy atom. The summed E-state index contributed by atoms with van der Waals surface area (Å²) in [5.74, 6) is 0.278. The lowest BCUT2D eigenvalue weighted by Crippen LogP contribution is -2.01. The van der Waals surface area contributed by atoms with Crippen molar-refractivity contribution in [2.45, 2.75) is 0 Å². The smallest absolute Gasteiger partial charge is 0.340 e. The number of aromatic nitrogens is 4. The van der Waals surface area contributed by atoms with Gasteiger partial charge in [-0.05, 0) is 18.2 Å². The molecule has 0 saturated heterocycles. The van der Waals surface area contributed by atoms with Gasteiger partial charge in [0.25, 0.3) is 0 Å². The average molecular weight is 256 g/mol. The Balaban J connectivity index is 2.21. The van der Waals surface area contributed by atoms with Gasteiger partial charge in [0.2, 0.25) is 0 Å². The zero-order valence-corrected chi connectivity index (χ0v) is 10.5. The van der Waals surface area contributed by atoms with Gasteiger partial charge in [0.1, 0.15) is 11.2 Å². The van der Waals surface area contributed by atoms with Crippen molar-refractivity contribution in [3.05, 3.63) is 36.0 Å². The van der Waals surface area contributed by atoms with Crippen molar-refractivity contribution in [1.82, 2.24) is 19.7 Å². The summed E-state index contributed by atoms with van der Waals surface area (Å²) >= 11 is 0. The lowest BCUT2D eigenvalue weighted by Gasteiger charge is -1.98. The molecule has 0 aliphatic heterocycles. The average Bonchev–Trinajstić information content (AvgIpc) is 3.02. The van der Waals surface area contributed by atoms with Crippen molar-refractivity contribution in [3.63, 3.8) is 0 Å². The third-order valence-corrected chi connectivity index (χ3v) is 2.98. The van der Waals surface area contributed by atoms with Crippen molar-refractivity contribution in [3.8, 4) is 11.5 Å². The van der Waals surface area contributed by atoms with Crippen molar-refractivity contribution >= 4 is 17.0 Å². The molecule has 96 valence electrons. The summed E-state index contributed by atoms with van der Waals surface area (Å²) in [6, 6.07) is 7.21. The van der Waals surface area contributed by atoms with Crippen LogP contribution in [0, 0.1) is 0 Å². The molecular formula is C13H12N4O2. The van der Waals surface area contributed by atoms with Gasteiger partial charge in [-0.15, -0.1) is 0 Å². The standard InChI is InChI=1S/C13H12N4O2/c1-17-10(6-7-14-17)12-15-9-5-3-4-8(11(9)16-12)13(18)19-2/h3-7H,1-2H3,(H,15,16). The van der Waals surface area contributed by atoms with E-state index in [1.807, 2.05) is 19.2 Å². The van der Waals surface area contributed by atoms with E-state index in [-0.39, 0.29) is 0 Å². The van der Waals surface area contributed by atoms with E-state index in [0.717, 1.165) is 11.2 Å². The number of carbonyl (C=O) groups is 1. The highest BCUT2D eigenvalue weighted by atomic mass is 16.5. The van der Waals surface area contributed by atoms with Gasteiger partial charge in [-0.25, -0.2) is 9.78 Å². The molecule has 0 unspecified atom stereocenters. The molecule has 2 aromatic heterocycles. The van der Waals surface area contributed by atoms with E-state index < -0.39 is 5.97 Å². The predicted octanol–water partition coefficient (Wildman–Crippen LogP) is 1.75. The molecule has 0 amide bonds. The van der Waals surface area contributed by atoms with Crippen LogP contribution in [-0.2, 0) is 11.8 Å². The molecule has 2 heterocycles. The van der Waals surface area contributed by atoms with Gasteiger partial charge >= 0.3 is 5.97 Å². The highest BCUT2D eigenvalue weighted by molar-refractivity contribution is 6.02. The molecule has 0 aliphatic carbocycles. The van der Waals surface area contributed by atoms with E-state index in [1.54, 1.807) is 23.0 Å². The van der Waals surface area contributed by atoms with Crippen LogP contribution in [0.25, 0.3) is 22.6 Å². The number of nitrogens with zero attached hydrogens (tertiary/aromatic N) is 3. The fraction of sp³-hybridized carbons (Fsp3) is 0.154. The van der Waals surface area contributed by atoms with Gasteiger partial charge in [0.15, 0.2) is 5.82 Å². The Hall–Kier alpha value is -2.63. The fourth-order valence-electron chi connectivity index (χ4n) is 2.03. The Labute approximate surface area is 109 Å². The Morgan fingerprint density at radius 1 is 1.37 bits per heavy atom. The van der Waals surface area contributed by atoms with Crippen molar-refractivity contribution < 1.29 is 9.53 Å². The van der Waals surface area contributed by atoms with Crippen LogP contribution in [0.15, 0.2) is 30.5 Å². The Bertz CT molecular complexity index is 757. The molecule has 6 heteroatoms. The van der Waals surface area contributed by atoms with E-state index in [4.69, 9.17) is 4.74 Å². The summed E-state index contributed by atoms with van der Waals surface area (Å²) in [5.41, 5.74) is 2.70. The number of aromatic amines is 1. The van der Waals surface area contributed by atoms with Crippen LogP contribution >= 0.6 is 0 Å². The first-order chi connectivity index (χ1) is 9.20. The lowest BCUT2D eigenvalue weighted by atomic mass is 10.2. The number of rotatable bonds is 2. The summed E-state index contributed by atoms with van der Waals surface area (Å²) in [4.78, 5) is 19.3. The maximum Gasteiger partial charge on any atom is 0.340 e. The monoisotopic (exact) mass is 256 g/mol.